The van der Waals surface area contributed by atoms with Crippen LogP contribution in [0.3, 0.4) is 0 Å². The van der Waals surface area contributed by atoms with Crippen LogP contribution >= 0.6 is 0 Å². The zero-order valence-electron chi connectivity index (χ0n) is 28.5. The number of rotatable bonds is 11. The monoisotopic (exact) mass is 709 g/mol. The van der Waals surface area contributed by atoms with Gasteiger partial charge in [0.25, 0.3) is 5.91 Å². The van der Waals surface area contributed by atoms with Crippen molar-refractivity contribution >= 4 is 39.8 Å². The second-order valence-corrected chi connectivity index (χ2v) is 16.4. The van der Waals surface area contributed by atoms with E-state index < -0.39 is 74.1 Å². The van der Waals surface area contributed by atoms with E-state index in [0.29, 0.717) is 31.9 Å². The predicted octanol–water partition coefficient (Wildman–Crippen LogP) is 1.79. The van der Waals surface area contributed by atoms with Crippen molar-refractivity contribution in [1.29, 1.82) is 0 Å². The van der Waals surface area contributed by atoms with Gasteiger partial charge in [0.2, 0.25) is 33.7 Å². The molecule has 4 amide bonds. The molecule has 3 heterocycles. The molecule has 0 bridgehead atoms. The van der Waals surface area contributed by atoms with Gasteiger partial charge in [-0.05, 0) is 35.8 Å². The molecule has 268 valence electrons. The summed E-state index contributed by atoms with van der Waals surface area (Å²) in [5.74, 6) is -1.87. The number of ether oxygens (including phenoxy) is 2. The summed E-state index contributed by atoms with van der Waals surface area (Å²) < 4.78 is 38.4. The van der Waals surface area contributed by atoms with Gasteiger partial charge in [-0.2, -0.15) is 4.98 Å². The van der Waals surface area contributed by atoms with Gasteiger partial charge in [0, 0.05) is 37.7 Å². The van der Waals surface area contributed by atoms with Gasteiger partial charge in [-0.3, -0.25) is 19.1 Å². The Bertz CT molecular complexity index is 1790. The summed E-state index contributed by atoms with van der Waals surface area (Å²) in [6.07, 6.45) is 2.65. The van der Waals surface area contributed by atoms with Crippen LogP contribution in [-0.2, 0) is 42.2 Å². The van der Waals surface area contributed by atoms with Crippen LogP contribution in [-0.4, -0.2) is 89.7 Å². The second-order valence-electron chi connectivity index (χ2n) is 14.4. The molecule has 1 aromatic heterocycles. The zero-order chi connectivity index (χ0) is 36.0. The summed E-state index contributed by atoms with van der Waals surface area (Å²) in [5, 5.41) is 4.72. The first kappa shape index (κ1) is 35.1. The number of anilines is 1. The third-order valence-electron chi connectivity index (χ3n) is 9.69. The van der Waals surface area contributed by atoms with Crippen molar-refractivity contribution < 1.29 is 37.1 Å². The number of carbonyl (C=O) groups excluding carboxylic acids is 4. The summed E-state index contributed by atoms with van der Waals surface area (Å²) in [4.78, 5) is 66.4. The van der Waals surface area contributed by atoms with Crippen LogP contribution in [0, 0.1) is 11.3 Å². The molecule has 2 aliphatic heterocycles. The van der Waals surface area contributed by atoms with Crippen molar-refractivity contribution in [1.82, 2.24) is 30.2 Å². The highest BCUT2D eigenvalue weighted by atomic mass is 32.2. The number of methoxy groups -OCH3 is 1. The molecular weight excluding hydrogens is 666 g/mol. The van der Waals surface area contributed by atoms with E-state index >= 15 is 0 Å². The van der Waals surface area contributed by atoms with Crippen LogP contribution in [0.25, 0.3) is 0 Å². The lowest BCUT2D eigenvalue weighted by Crippen LogP contribution is -2.60. The molecule has 1 saturated heterocycles. The average Bonchev–Trinajstić information content (AvgIpc) is 3.97. The van der Waals surface area contributed by atoms with E-state index in [4.69, 9.17) is 9.47 Å². The smallest absolute Gasteiger partial charge is 0.407 e. The number of benzene rings is 1. The average molecular weight is 710 g/mol. The number of hydrogen-bond acceptors (Lipinski definition) is 11. The van der Waals surface area contributed by atoms with E-state index in [-0.39, 0.29) is 25.3 Å². The fraction of sp³-hybridized carbons (Fsp3) is 0.529. The molecule has 0 radical (unpaired) electrons. The molecule has 50 heavy (non-hydrogen) atoms. The van der Waals surface area contributed by atoms with E-state index in [1.807, 2.05) is 17.0 Å². The lowest BCUT2D eigenvalue weighted by Gasteiger charge is -2.35. The molecule has 6 rings (SSSR count). The van der Waals surface area contributed by atoms with Crippen molar-refractivity contribution in [2.75, 3.05) is 18.6 Å². The molecule has 5 atom stereocenters. The third-order valence-corrected chi connectivity index (χ3v) is 11.5. The standard InChI is InChI=1S/C34H43N7O8S/c1-6-22-16-34(22,30(44)39-50(46,47)24-11-12-24)38-28(42)25-15-23(19-41(25)29(43)27(33(2,3)4)37-32(45)48-5)49-26-13-14-35-31(36-26)40-17-20-9-7-8-10-21(20)18-40/h6-10,13-14,22-25,27H,1,11-12,15-19H2,2-5H3,(H,37,45)(H,38,42)(H,39,44)/t22?,23-,25?,27-,34?/m1/s1. The zero-order valence-corrected chi connectivity index (χ0v) is 29.4. The van der Waals surface area contributed by atoms with Gasteiger partial charge in [0.05, 0.1) is 18.9 Å². The second kappa shape index (κ2) is 13.2. The van der Waals surface area contributed by atoms with Crippen molar-refractivity contribution in [3.8, 4) is 5.88 Å². The van der Waals surface area contributed by atoms with Crippen molar-refractivity contribution in [2.45, 2.75) is 88.5 Å². The Hall–Kier alpha value is -4.73. The van der Waals surface area contributed by atoms with Crippen LogP contribution in [0.1, 0.15) is 57.6 Å². The highest BCUT2D eigenvalue weighted by Gasteiger charge is 2.62. The van der Waals surface area contributed by atoms with Gasteiger partial charge in [-0.15, -0.1) is 6.58 Å². The quantitative estimate of drug-likeness (QED) is 0.289. The molecule has 4 aliphatic rings. The SMILES string of the molecule is C=CC1CC1(NC(=O)C1C[C@@H](Oc2ccnc(N3Cc4ccccc4C3)n2)CN1C(=O)[C@@H](NC(=O)OC)C(C)(C)C)C(=O)NS(=O)(=O)C1CC1. The van der Waals surface area contributed by atoms with Crippen LogP contribution < -0.4 is 25.0 Å². The van der Waals surface area contributed by atoms with E-state index in [1.165, 1.54) is 29.2 Å². The molecule has 3 fully saturated rings. The molecule has 1 aromatic carbocycles. The number of alkyl carbamates (subject to hydrolysis) is 1. The van der Waals surface area contributed by atoms with Crippen molar-refractivity contribution in [3.63, 3.8) is 0 Å². The number of hydrogen-bond donors (Lipinski definition) is 3. The van der Waals surface area contributed by atoms with Gasteiger partial charge in [0.15, 0.2) is 0 Å². The maximum atomic E-state index is 14.2. The minimum Gasteiger partial charge on any atom is -0.472 e. The maximum Gasteiger partial charge on any atom is 0.407 e. The van der Waals surface area contributed by atoms with Crippen LogP contribution in [0.5, 0.6) is 5.88 Å². The highest BCUT2D eigenvalue weighted by Crippen LogP contribution is 2.45. The predicted molar refractivity (Wildman–Crippen MR) is 181 cm³/mol. The Morgan fingerprint density at radius 2 is 1.78 bits per heavy atom. The first-order valence-electron chi connectivity index (χ1n) is 16.6. The summed E-state index contributed by atoms with van der Waals surface area (Å²) in [7, 11) is -2.70. The number of carbonyl (C=O) groups is 4. The highest BCUT2D eigenvalue weighted by molar-refractivity contribution is 7.91. The number of likely N-dealkylation sites (tertiary alicyclic amines) is 1. The minimum atomic E-state index is -3.89. The van der Waals surface area contributed by atoms with Gasteiger partial charge < -0.3 is 29.9 Å². The molecule has 2 aromatic rings. The lowest BCUT2D eigenvalue weighted by atomic mass is 9.85. The molecule has 2 saturated carbocycles. The largest absolute Gasteiger partial charge is 0.472 e. The minimum absolute atomic E-state index is 0.0258. The summed E-state index contributed by atoms with van der Waals surface area (Å²) >= 11 is 0. The number of aromatic nitrogens is 2. The van der Waals surface area contributed by atoms with E-state index in [1.54, 1.807) is 33.0 Å². The summed E-state index contributed by atoms with van der Waals surface area (Å²) in [6, 6.07) is 7.46. The topological polar surface area (TPSA) is 189 Å². The Morgan fingerprint density at radius 1 is 1.10 bits per heavy atom. The van der Waals surface area contributed by atoms with E-state index in [2.05, 4.69) is 44.0 Å². The number of nitrogens with one attached hydrogen (secondary N) is 3. The summed E-state index contributed by atoms with van der Waals surface area (Å²) in [5.41, 5.74) is 0.0297. The summed E-state index contributed by atoms with van der Waals surface area (Å²) in [6.45, 7) is 10.3. The number of fused-ring (bicyclic) bond motifs is 1. The van der Waals surface area contributed by atoms with Gasteiger partial charge in [-0.1, -0.05) is 51.1 Å². The van der Waals surface area contributed by atoms with Crippen LogP contribution in [0.2, 0.25) is 0 Å². The first-order valence-corrected chi connectivity index (χ1v) is 18.2. The number of nitrogens with zero attached hydrogens (tertiary/aromatic N) is 4. The van der Waals surface area contributed by atoms with E-state index in [9.17, 15) is 27.6 Å². The lowest BCUT2D eigenvalue weighted by molar-refractivity contribution is -0.142. The van der Waals surface area contributed by atoms with Gasteiger partial charge in [0.1, 0.15) is 23.7 Å². The Morgan fingerprint density at radius 3 is 2.36 bits per heavy atom. The molecule has 2 aliphatic carbocycles. The molecular formula is C34H43N7O8S. The number of amides is 4. The molecule has 16 heteroatoms. The van der Waals surface area contributed by atoms with Crippen molar-refractivity contribution in [3.05, 3.63) is 60.3 Å². The first-order chi connectivity index (χ1) is 23.6. The third kappa shape index (κ3) is 7.11. The molecule has 3 unspecified atom stereocenters. The van der Waals surface area contributed by atoms with Gasteiger partial charge >= 0.3 is 6.09 Å². The van der Waals surface area contributed by atoms with E-state index in [0.717, 1.165) is 0 Å². The molecule has 15 nitrogen and oxygen atoms in total. The van der Waals surface area contributed by atoms with Crippen LogP contribution in [0.15, 0.2) is 49.2 Å². The number of sulfonamides is 1. The molecule has 0 spiro atoms. The maximum absolute atomic E-state index is 14.2. The Kier molecular flexibility index (Phi) is 9.26. The Balaban J connectivity index is 1.24. The molecule has 3 N–H and O–H groups in total. The Labute approximate surface area is 291 Å². The van der Waals surface area contributed by atoms with Crippen molar-refractivity contribution in [2.24, 2.45) is 11.3 Å². The fourth-order valence-electron chi connectivity index (χ4n) is 6.58. The fourth-order valence-corrected chi connectivity index (χ4v) is 7.94. The van der Waals surface area contributed by atoms with Crippen LogP contribution in [0.4, 0.5) is 10.7 Å². The normalized spacial score (nSPS) is 24.8. The van der Waals surface area contributed by atoms with Gasteiger partial charge in [-0.25, -0.2) is 18.2 Å².